The second-order valence-electron chi connectivity index (χ2n) is 5.92. The molecule has 3 aromatic rings. The van der Waals surface area contributed by atoms with Gasteiger partial charge in [0.25, 0.3) is 0 Å². The smallest absolute Gasteiger partial charge is 0.00732 e. The molecule has 0 spiro atoms. The maximum atomic E-state index is 3.95. The first-order valence-corrected chi connectivity index (χ1v) is 8.04. The molecule has 0 aliphatic carbocycles. The first-order chi connectivity index (χ1) is 11.2. The molecule has 0 heteroatoms. The second kappa shape index (κ2) is 6.26. The molecule has 0 heterocycles. The van der Waals surface area contributed by atoms with E-state index in [9.17, 15) is 0 Å². The van der Waals surface area contributed by atoms with Crippen molar-refractivity contribution in [1.29, 1.82) is 0 Å². The number of hydrogen-bond acceptors (Lipinski definition) is 0. The molecular weight excluding hydrogens is 276 g/mol. The summed E-state index contributed by atoms with van der Waals surface area (Å²) in [5.41, 5.74) is 7.69. The van der Waals surface area contributed by atoms with Crippen LogP contribution in [0, 0.1) is 13.8 Å². The Morgan fingerprint density at radius 2 is 1.70 bits per heavy atom. The second-order valence-corrected chi connectivity index (χ2v) is 5.92. The third-order valence-electron chi connectivity index (χ3n) is 4.51. The topological polar surface area (TPSA) is 0 Å². The van der Waals surface area contributed by atoms with Gasteiger partial charge in [0, 0.05) is 0 Å². The van der Waals surface area contributed by atoms with Gasteiger partial charge in [-0.15, -0.1) is 0 Å². The van der Waals surface area contributed by atoms with Gasteiger partial charge in [-0.05, 0) is 64.9 Å². The summed E-state index contributed by atoms with van der Waals surface area (Å²) < 4.78 is 0. The summed E-state index contributed by atoms with van der Waals surface area (Å²) in [5, 5.41) is 2.60. The van der Waals surface area contributed by atoms with Gasteiger partial charge >= 0.3 is 0 Å². The quantitative estimate of drug-likeness (QED) is 0.499. The van der Waals surface area contributed by atoms with Gasteiger partial charge in [0.2, 0.25) is 0 Å². The number of allylic oxidation sites excluding steroid dienone is 1. The molecule has 0 aliphatic heterocycles. The fraction of sp³-hybridized carbons (Fsp3) is 0.130. The van der Waals surface area contributed by atoms with Crippen LogP contribution in [0.2, 0.25) is 0 Å². The molecule has 0 aliphatic rings. The average molecular weight is 298 g/mol. The minimum Gasteiger partial charge on any atom is -0.0984 e. The highest BCUT2D eigenvalue weighted by atomic mass is 14.2. The molecule has 0 aromatic heterocycles. The molecule has 0 bridgehead atoms. The molecule has 0 nitrogen and oxygen atoms in total. The van der Waals surface area contributed by atoms with Gasteiger partial charge < -0.3 is 0 Å². The average Bonchev–Trinajstić information content (AvgIpc) is 2.57. The van der Waals surface area contributed by atoms with E-state index in [2.05, 4.69) is 88.0 Å². The Balaban J connectivity index is 2.38. The van der Waals surface area contributed by atoms with Crippen molar-refractivity contribution >= 4 is 22.9 Å². The van der Waals surface area contributed by atoms with Crippen LogP contribution >= 0.6 is 0 Å². The molecule has 0 fully saturated rings. The predicted molar refractivity (Wildman–Crippen MR) is 104 cm³/mol. The van der Waals surface area contributed by atoms with E-state index >= 15 is 0 Å². The van der Waals surface area contributed by atoms with E-state index in [1.807, 2.05) is 6.08 Å². The van der Waals surface area contributed by atoms with Crippen LogP contribution in [-0.4, -0.2) is 0 Å². The Labute approximate surface area is 138 Å². The van der Waals surface area contributed by atoms with Gasteiger partial charge in [-0.2, -0.15) is 0 Å². The summed E-state index contributed by atoms with van der Waals surface area (Å²) in [4.78, 5) is 0. The minimum atomic E-state index is 1.18. The SMILES string of the molecule is C=Cc1ccc(-c2c(C)ccc3ccccc23)c(C)c1/C=C\C. The van der Waals surface area contributed by atoms with Crippen LogP contribution in [-0.2, 0) is 0 Å². The first kappa shape index (κ1) is 15.3. The highest BCUT2D eigenvalue weighted by molar-refractivity contribution is 5.99. The van der Waals surface area contributed by atoms with Crippen molar-refractivity contribution in [2.45, 2.75) is 20.8 Å². The van der Waals surface area contributed by atoms with E-state index in [1.54, 1.807) is 0 Å². The van der Waals surface area contributed by atoms with Crippen LogP contribution in [0.15, 0.2) is 61.2 Å². The fourth-order valence-electron chi connectivity index (χ4n) is 3.32. The van der Waals surface area contributed by atoms with Crippen LogP contribution in [0.1, 0.15) is 29.2 Å². The Kier molecular flexibility index (Phi) is 4.16. The Hall–Kier alpha value is -2.60. The monoisotopic (exact) mass is 298 g/mol. The van der Waals surface area contributed by atoms with Crippen LogP contribution in [0.5, 0.6) is 0 Å². The maximum absolute atomic E-state index is 3.95. The summed E-state index contributed by atoms with van der Waals surface area (Å²) in [6, 6.07) is 17.4. The Morgan fingerprint density at radius 3 is 2.43 bits per heavy atom. The molecule has 23 heavy (non-hydrogen) atoms. The lowest BCUT2D eigenvalue weighted by molar-refractivity contribution is 1.40. The summed E-state index contributed by atoms with van der Waals surface area (Å²) >= 11 is 0. The van der Waals surface area contributed by atoms with E-state index in [0.717, 1.165) is 0 Å². The molecule has 0 atom stereocenters. The molecule has 0 saturated heterocycles. The zero-order valence-electron chi connectivity index (χ0n) is 14.1. The van der Waals surface area contributed by atoms with Crippen LogP contribution in [0.3, 0.4) is 0 Å². The van der Waals surface area contributed by atoms with E-state index in [-0.39, 0.29) is 0 Å². The van der Waals surface area contributed by atoms with E-state index < -0.39 is 0 Å². The third kappa shape index (κ3) is 2.61. The van der Waals surface area contributed by atoms with Crippen molar-refractivity contribution in [2.24, 2.45) is 0 Å². The fourth-order valence-corrected chi connectivity index (χ4v) is 3.32. The van der Waals surface area contributed by atoms with Gasteiger partial charge in [0.1, 0.15) is 0 Å². The van der Waals surface area contributed by atoms with Crippen LogP contribution < -0.4 is 0 Å². The molecule has 0 N–H and O–H groups in total. The molecule has 3 aromatic carbocycles. The van der Waals surface area contributed by atoms with Gasteiger partial charge in [-0.25, -0.2) is 0 Å². The van der Waals surface area contributed by atoms with Crippen molar-refractivity contribution < 1.29 is 0 Å². The Bertz CT molecular complexity index is 911. The molecule has 3 rings (SSSR count). The number of aryl methyl sites for hydroxylation is 1. The Morgan fingerprint density at radius 1 is 0.913 bits per heavy atom. The van der Waals surface area contributed by atoms with Gasteiger partial charge in [0.05, 0.1) is 0 Å². The first-order valence-electron chi connectivity index (χ1n) is 8.04. The molecule has 0 saturated carbocycles. The summed E-state index contributed by atoms with van der Waals surface area (Å²) in [6.45, 7) is 10.4. The zero-order chi connectivity index (χ0) is 16.4. The van der Waals surface area contributed by atoms with Gasteiger partial charge in [-0.3, -0.25) is 0 Å². The standard InChI is InChI=1S/C23H22/c1-5-9-20-17(4)21(15-14-18(20)6-2)23-16(3)12-13-19-10-7-8-11-22(19)23/h5-15H,2H2,1,3-4H3/b9-5-. The molecular formula is C23H22. The van der Waals surface area contributed by atoms with Crippen molar-refractivity contribution in [2.75, 3.05) is 0 Å². The normalized spacial score (nSPS) is 11.3. The van der Waals surface area contributed by atoms with Crippen molar-refractivity contribution in [3.63, 3.8) is 0 Å². The molecule has 0 radical (unpaired) electrons. The van der Waals surface area contributed by atoms with E-state index in [4.69, 9.17) is 0 Å². The van der Waals surface area contributed by atoms with E-state index in [1.165, 1.54) is 44.2 Å². The summed E-state index contributed by atoms with van der Waals surface area (Å²) in [6.07, 6.45) is 6.20. The lowest BCUT2D eigenvalue weighted by Crippen LogP contribution is -1.94. The maximum Gasteiger partial charge on any atom is -0.00732 e. The largest absolute Gasteiger partial charge is 0.0984 e. The zero-order valence-corrected chi connectivity index (χ0v) is 14.1. The van der Waals surface area contributed by atoms with Crippen molar-refractivity contribution in [3.05, 3.63) is 83.4 Å². The number of hydrogen-bond donors (Lipinski definition) is 0. The summed E-state index contributed by atoms with van der Waals surface area (Å²) in [7, 11) is 0. The molecule has 0 unspecified atom stereocenters. The van der Waals surface area contributed by atoms with Crippen molar-refractivity contribution in [3.8, 4) is 11.1 Å². The molecule has 0 amide bonds. The highest BCUT2D eigenvalue weighted by Crippen LogP contribution is 2.36. The third-order valence-corrected chi connectivity index (χ3v) is 4.51. The lowest BCUT2D eigenvalue weighted by Gasteiger charge is -2.16. The minimum absolute atomic E-state index is 1.18. The highest BCUT2D eigenvalue weighted by Gasteiger charge is 2.12. The van der Waals surface area contributed by atoms with Gasteiger partial charge in [-0.1, -0.05) is 73.3 Å². The predicted octanol–water partition coefficient (Wildman–Crippen LogP) is 6.80. The van der Waals surface area contributed by atoms with Gasteiger partial charge in [0.15, 0.2) is 0 Å². The number of benzene rings is 3. The number of fused-ring (bicyclic) bond motifs is 1. The van der Waals surface area contributed by atoms with E-state index in [0.29, 0.717) is 0 Å². The summed E-state index contributed by atoms with van der Waals surface area (Å²) in [5.74, 6) is 0. The van der Waals surface area contributed by atoms with Crippen LogP contribution in [0.25, 0.3) is 34.1 Å². The van der Waals surface area contributed by atoms with Crippen molar-refractivity contribution in [1.82, 2.24) is 0 Å². The van der Waals surface area contributed by atoms with Crippen LogP contribution in [0.4, 0.5) is 0 Å². The molecule has 114 valence electrons. The number of rotatable bonds is 3. The lowest BCUT2D eigenvalue weighted by atomic mass is 9.88.